The number of ether oxygens (including phenoxy) is 1. The molecule has 8 nitrogen and oxygen atoms in total. The Balaban J connectivity index is 2.56. The summed E-state index contributed by atoms with van der Waals surface area (Å²) in [6, 6.07) is 4.22. The first-order valence-corrected chi connectivity index (χ1v) is 6.67. The van der Waals surface area contributed by atoms with E-state index in [0.29, 0.717) is 11.3 Å². The highest BCUT2D eigenvalue weighted by Crippen LogP contribution is 2.20. The molecule has 1 rings (SSSR count). The van der Waals surface area contributed by atoms with Crippen LogP contribution in [0.15, 0.2) is 18.2 Å². The van der Waals surface area contributed by atoms with Crippen molar-refractivity contribution in [3.8, 4) is 0 Å². The van der Waals surface area contributed by atoms with Gasteiger partial charge in [0.25, 0.3) is 5.69 Å². The van der Waals surface area contributed by atoms with E-state index in [1.165, 1.54) is 25.3 Å². The third-order valence-corrected chi connectivity index (χ3v) is 2.91. The number of benzene rings is 1. The second kappa shape index (κ2) is 8.03. The molecule has 0 spiro atoms. The van der Waals surface area contributed by atoms with Gasteiger partial charge in [-0.15, -0.1) is 0 Å². The summed E-state index contributed by atoms with van der Waals surface area (Å²) < 4.78 is 4.43. The van der Waals surface area contributed by atoms with Crippen LogP contribution in [-0.4, -0.2) is 29.0 Å². The van der Waals surface area contributed by atoms with E-state index in [1.807, 2.05) is 0 Å². The number of esters is 1. The first-order valence-electron chi connectivity index (χ1n) is 6.26. The van der Waals surface area contributed by atoms with Crippen LogP contribution in [-0.2, 0) is 14.3 Å². The number of thiocarbonyl (C=S) groups is 1. The molecule has 9 heteroatoms. The second-order valence-electron chi connectivity index (χ2n) is 4.33. The Kier molecular flexibility index (Phi) is 6.39. The quantitative estimate of drug-likeness (QED) is 0.366. The Bertz CT molecular complexity index is 618. The number of carbonyl (C=O) groups is 2. The molecule has 0 aliphatic carbocycles. The van der Waals surface area contributed by atoms with Gasteiger partial charge >= 0.3 is 5.97 Å². The smallest absolute Gasteiger partial charge is 0.306 e. The SMILES string of the molecule is COC(=O)CCC(=O)NC(=S)Nc1ccc([N+](=O)[O-])cc1C. The van der Waals surface area contributed by atoms with Crippen molar-refractivity contribution in [1.82, 2.24) is 5.32 Å². The lowest BCUT2D eigenvalue weighted by Crippen LogP contribution is -2.34. The maximum atomic E-state index is 11.6. The molecule has 2 N–H and O–H groups in total. The van der Waals surface area contributed by atoms with Crippen LogP contribution in [0.4, 0.5) is 11.4 Å². The predicted octanol–water partition coefficient (Wildman–Crippen LogP) is 1.67. The second-order valence-corrected chi connectivity index (χ2v) is 4.74. The highest BCUT2D eigenvalue weighted by atomic mass is 32.1. The van der Waals surface area contributed by atoms with E-state index < -0.39 is 16.8 Å². The minimum atomic E-state index is -0.496. The van der Waals surface area contributed by atoms with E-state index in [9.17, 15) is 19.7 Å². The van der Waals surface area contributed by atoms with Gasteiger partial charge in [0.05, 0.1) is 18.5 Å². The molecule has 0 radical (unpaired) electrons. The molecule has 0 saturated heterocycles. The van der Waals surface area contributed by atoms with E-state index in [0.717, 1.165) is 0 Å². The zero-order chi connectivity index (χ0) is 16.7. The number of hydrogen-bond acceptors (Lipinski definition) is 6. The Morgan fingerprint density at radius 2 is 2.05 bits per heavy atom. The molecule has 0 saturated carbocycles. The van der Waals surface area contributed by atoms with Gasteiger partial charge in [-0.2, -0.15) is 0 Å². The summed E-state index contributed by atoms with van der Waals surface area (Å²) in [6.45, 7) is 1.68. The van der Waals surface area contributed by atoms with Gasteiger partial charge in [-0.05, 0) is 30.8 Å². The van der Waals surface area contributed by atoms with E-state index in [-0.39, 0.29) is 23.6 Å². The molecule has 0 unspecified atom stereocenters. The van der Waals surface area contributed by atoms with Crippen LogP contribution in [0, 0.1) is 17.0 Å². The van der Waals surface area contributed by atoms with Crippen molar-refractivity contribution in [1.29, 1.82) is 0 Å². The van der Waals surface area contributed by atoms with Crippen LogP contribution >= 0.6 is 12.2 Å². The molecule has 0 aliphatic heterocycles. The maximum Gasteiger partial charge on any atom is 0.306 e. The molecular weight excluding hydrogens is 310 g/mol. The van der Waals surface area contributed by atoms with Crippen molar-refractivity contribution in [2.24, 2.45) is 0 Å². The van der Waals surface area contributed by atoms with Crippen molar-refractivity contribution in [2.45, 2.75) is 19.8 Å². The standard InChI is InChI=1S/C13H15N3O5S/c1-8-7-9(16(19)20)3-4-10(8)14-13(22)15-11(17)5-6-12(18)21-2/h3-4,7H,5-6H2,1-2H3,(H2,14,15,17,22). The lowest BCUT2D eigenvalue weighted by Gasteiger charge is -2.11. The Morgan fingerprint density at radius 3 is 2.59 bits per heavy atom. The summed E-state index contributed by atoms with van der Waals surface area (Å²) in [7, 11) is 1.24. The van der Waals surface area contributed by atoms with Crippen LogP contribution in [0.3, 0.4) is 0 Å². The van der Waals surface area contributed by atoms with Crippen molar-refractivity contribution < 1.29 is 19.2 Å². The number of nitro benzene ring substituents is 1. The molecule has 1 aromatic rings. The van der Waals surface area contributed by atoms with E-state index >= 15 is 0 Å². The normalized spacial score (nSPS) is 9.73. The number of amides is 1. The number of nitrogens with zero attached hydrogens (tertiary/aromatic N) is 1. The van der Waals surface area contributed by atoms with Crippen LogP contribution in [0.1, 0.15) is 18.4 Å². The Hall–Kier alpha value is -2.55. The lowest BCUT2D eigenvalue weighted by atomic mass is 10.2. The minimum absolute atomic E-state index is 0.0314. The molecule has 0 bridgehead atoms. The third kappa shape index (κ3) is 5.44. The average molecular weight is 325 g/mol. The van der Waals surface area contributed by atoms with Crippen molar-refractivity contribution >= 4 is 40.6 Å². The molecule has 0 atom stereocenters. The van der Waals surface area contributed by atoms with Crippen LogP contribution in [0.25, 0.3) is 0 Å². The number of carbonyl (C=O) groups excluding carboxylic acids is 2. The van der Waals surface area contributed by atoms with Crippen molar-refractivity contribution in [3.05, 3.63) is 33.9 Å². The zero-order valence-electron chi connectivity index (χ0n) is 12.0. The summed E-state index contributed by atoms with van der Waals surface area (Å²) in [5, 5.41) is 15.9. The summed E-state index contributed by atoms with van der Waals surface area (Å²) in [5.41, 5.74) is 1.13. The molecule has 118 valence electrons. The van der Waals surface area contributed by atoms with Gasteiger partial charge in [0.2, 0.25) is 5.91 Å². The fourth-order valence-electron chi connectivity index (χ4n) is 1.56. The van der Waals surface area contributed by atoms with Gasteiger partial charge in [0.15, 0.2) is 5.11 Å². The highest BCUT2D eigenvalue weighted by molar-refractivity contribution is 7.80. The lowest BCUT2D eigenvalue weighted by molar-refractivity contribution is -0.384. The summed E-state index contributed by atoms with van der Waals surface area (Å²) in [5.74, 6) is -0.914. The van der Waals surface area contributed by atoms with E-state index in [2.05, 4.69) is 15.4 Å². The number of aryl methyl sites for hydroxylation is 1. The third-order valence-electron chi connectivity index (χ3n) is 2.71. The number of hydrogen-bond donors (Lipinski definition) is 2. The Labute approximate surface area is 132 Å². The molecule has 0 aromatic heterocycles. The fourth-order valence-corrected chi connectivity index (χ4v) is 1.79. The van der Waals surface area contributed by atoms with Gasteiger partial charge in [-0.25, -0.2) is 0 Å². The number of non-ortho nitro benzene ring substituents is 1. The first-order chi connectivity index (χ1) is 10.3. The summed E-state index contributed by atoms with van der Waals surface area (Å²) in [4.78, 5) is 32.6. The highest BCUT2D eigenvalue weighted by Gasteiger charge is 2.11. The number of nitro groups is 1. The predicted molar refractivity (Wildman–Crippen MR) is 83.4 cm³/mol. The van der Waals surface area contributed by atoms with Gasteiger partial charge in [-0.3, -0.25) is 19.7 Å². The molecule has 22 heavy (non-hydrogen) atoms. The monoisotopic (exact) mass is 325 g/mol. The molecule has 0 aliphatic rings. The van der Waals surface area contributed by atoms with Gasteiger partial charge in [0, 0.05) is 24.2 Å². The molecular formula is C13H15N3O5S. The van der Waals surface area contributed by atoms with E-state index in [4.69, 9.17) is 12.2 Å². The first kappa shape index (κ1) is 17.5. The number of rotatable bonds is 5. The van der Waals surface area contributed by atoms with Gasteiger partial charge in [-0.1, -0.05) is 0 Å². The minimum Gasteiger partial charge on any atom is -0.469 e. The summed E-state index contributed by atoms with van der Waals surface area (Å²) in [6.07, 6.45) is -0.0881. The van der Waals surface area contributed by atoms with Crippen LogP contribution in [0.5, 0.6) is 0 Å². The maximum absolute atomic E-state index is 11.6. The van der Waals surface area contributed by atoms with E-state index in [1.54, 1.807) is 6.92 Å². The fraction of sp³-hybridized carbons (Fsp3) is 0.308. The summed E-state index contributed by atoms with van der Waals surface area (Å²) >= 11 is 4.97. The van der Waals surface area contributed by atoms with Gasteiger partial charge in [0.1, 0.15) is 0 Å². The molecule has 0 fully saturated rings. The number of methoxy groups -OCH3 is 1. The van der Waals surface area contributed by atoms with Crippen LogP contribution < -0.4 is 10.6 Å². The van der Waals surface area contributed by atoms with Crippen LogP contribution in [0.2, 0.25) is 0 Å². The average Bonchev–Trinajstić information content (AvgIpc) is 2.46. The molecule has 0 heterocycles. The number of nitrogens with one attached hydrogen (secondary N) is 2. The molecule has 1 aromatic carbocycles. The number of anilines is 1. The Morgan fingerprint density at radius 1 is 1.36 bits per heavy atom. The topological polar surface area (TPSA) is 111 Å². The van der Waals surface area contributed by atoms with Gasteiger partial charge < -0.3 is 15.4 Å². The van der Waals surface area contributed by atoms with Crippen molar-refractivity contribution in [3.63, 3.8) is 0 Å². The largest absolute Gasteiger partial charge is 0.469 e. The zero-order valence-corrected chi connectivity index (χ0v) is 12.9. The van der Waals surface area contributed by atoms with Crippen molar-refractivity contribution in [2.75, 3.05) is 12.4 Å². The molecule has 1 amide bonds.